The van der Waals surface area contributed by atoms with E-state index in [9.17, 15) is 19.2 Å². The summed E-state index contributed by atoms with van der Waals surface area (Å²) in [5, 5.41) is 2.14. The van der Waals surface area contributed by atoms with E-state index in [1.54, 1.807) is 0 Å². The fourth-order valence-corrected chi connectivity index (χ4v) is 3.06. The number of benzene rings is 1. The van der Waals surface area contributed by atoms with Crippen molar-refractivity contribution in [1.82, 2.24) is 10.2 Å². The number of hydrogen-bond acceptors (Lipinski definition) is 5. The van der Waals surface area contributed by atoms with Gasteiger partial charge in [-0.25, -0.2) is 0 Å². The molecule has 1 unspecified atom stereocenters. The summed E-state index contributed by atoms with van der Waals surface area (Å²) < 4.78 is 0.574. The summed E-state index contributed by atoms with van der Waals surface area (Å²) in [5.41, 5.74) is 6.23. The zero-order valence-electron chi connectivity index (χ0n) is 10.7. The van der Waals surface area contributed by atoms with E-state index in [0.29, 0.717) is 4.47 Å². The van der Waals surface area contributed by atoms with Gasteiger partial charge in [-0.2, -0.15) is 0 Å². The number of fused-ring (bicyclic) bond motifs is 1. The molecule has 1 saturated heterocycles. The summed E-state index contributed by atoms with van der Waals surface area (Å²) in [5.74, 6) is -2.22. The molecule has 0 radical (unpaired) electrons. The predicted molar refractivity (Wildman–Crippen MR) is 75.2 cm³/mol. The molecule has 0 saturated carbocycles. The lowest BCUT2D eigenvalue weighted by molar-refractivity contribution is -0.136. The van der Waals surface area contributed by atoms with Crippen LogP contribution in [0.5, 0.6) is 0 Å². The van der Waals surface area contributed by atoms with Crippen molar-refractivity contribution >= 4 is 45.2 Å². The summed E-state index contributed by atoms with van der Waals surface area (Å²) in [4.78, 5) is 48.7. The van der Waals surface area contributed by atoms with Crippen molar-refractivity contribution < 1.29 is 19.2 Å². The van der Waals surface area contributed by atoms with Gasteiger partial charge in [-0.15, -0.1) is 0 Å². The molecule has 0 bridgehead atoms. The molecule has 3 N–H and O–H groups in total. The number of anilines is 1. The number of nitrogens with two attached hydrogens (primary N) is 1. The van der Waals surface area contributed by atoms with Crippen molar-refractivity contribution in [2.75, 3.05) is 5.73 Å². The number of hydrogen-bond donors (Lipinski definition) is 2. The summed E-state index contributed by atoms with van der Waals surface area (Å²) >= 11 is 3.21. The molecule has 1 aromatic carbocycles. The molecule has 0 aliphatic carbocycles. The van der Waals surface area contributed by atoms with Crippen molar-refractivity contribution in [3.63, 3.8) is 0 Å². The molecule has 4 amide bonds. The van der Waals surface area contributed by atoms with Crippen LogP contribution in [0.1, 0.15) is 33.6 Å². The molecular formula is C13H10BrN3O4. The molecule has 2 aliphatic heterocycles. The van der Waals surface area contributed by atoms with Crippen LogP contribution in [-0.2, 0) is 9.59 Å². The minimum absolute atomic E-state index is 0.0863. The van der Waals surface area contributed by atoms with E-state index >= 15 is 0 Å². The number of halogens is 1. The van der Waals surface area contributed by atoms with Crippen molar-refractivity contribution in [3.05, 3.63) is 27.7 Å². The highest BCUT2D eigenvalue weighted by Gasteiger charge is 2.45. The molecule has 3 rings (SSSR count). The van der Waals surface area contributed by atoms with Crippen LogP contribution in [0.2, 0.25) is 0 Å². The van der Waals surface area contributed by atoms with Crippen molar-refractivity contribution in [1.29, 1.82) is 0 Å². The maximum Gasteiger partial charge on any atom is 0.264 e. The number of nitrogens with one attached hydrogen (secondary N) is 1. The lowest BCUT2D eigenvalue weighted by atomic mass is 10.0. The van der Waals surface area contributed by atoms with Crippen molar-refractivity contribution in [2.24, 2.45) is 0 Å². The lowest BCUT2D eigenvalue weighted by Gasteiger charge is -2.27. The van der Waals surface area contributed by atoms with Crippen LogP contribution in [-0.4, -0.2) is 34.6 Å². The monoisotopic (exact) mass is 351 g/mol. The maximum atomic E-state index is 12.4. The van der Waals surface area contributed by atoms with Crippen LogP contribution >= 0.6 is 15.9 Å². The number of rotatable bonds is 1. The van der Waals surface area contributed by atoms with Gasteiger partial charge in [0.1, 0.15) is 6.04 Å². The highest BCUT2D eigenvalue weighted by Crippen LogP contribution is 2.33. The minimum atomic E-state index is -0.978. The Balaban J connectivity index is 2.02. The van der Waals surface area contributed by atoms with Crippen LogP contribution in [0.4, 0.5) is 5.69 Å². The third-order valence-electron chi connectivity index (χ3n) is 3.54. The highest BCUT2D eigenvalue weighted by molar-refractivity contribution is 9.10. The number of carbonyl (C=O) groups excluding carboxylic acids is 4. The Morgan fingerprint density at radius 1 is 1.19 bits per heavy atom. The fourth-order valence-electron chi connectivity index (χ4n) is 2.59. The molecule has 1 aromatic rings. The van der Waals surface area contributed by atoms with Crippen molar-refractivity contribution in [3.8, 4) is 0 Å². The second-order valence-electron chi connectivity index (χ2n) is 4.86. The second-order valence-corrected chi connectivity index (χ2v) is 5.78. The van der Waals surface area contributed by atoms with Gasteiger partial charge in [0.2, 0.25) is 11.8 Å². The van der Waals surface area contributed by atoms with Gasteiger partial charge >= 0.3 is 0 Å². The molecule has 1 fully saturated rings. The number of nitrogen functional groups attached to an aromatic ring is 1. The molecule has 0 aromatic heterocycles. The quantitative estimate of drug-likeness (QED) is 0.563. The first-order chi connectivity index (χ1) is 9.90. The van der Waals surface area contributed by atoms with E-state index < -0.39 is 29.7 Å². The Morgan fingerprint density at radius 3 is 2.57 bits per heavy atom. The molecule has 21 heavy (non-hydrogen) atoms. The van der Waals surface area contributed by atoms with Gasteiger partial charge in [0, 0.05) is 16.6 Å². The zero-order chi connectivity index (χ0) is 15.3. The van der Waals surface area contributed by atoms with E-state index in [1.807, 2.05) is 0 Å². The Labute approximate surface area is 127 Å². The number of carbonyl (C=O) groups is 4. The third kappa shape index (κ3) is 2.02. The first kappa shape index (κ1) is 13.7. The van der Waals surface area contributed by atoms with E-state index in [2.05, 4.69) is 21.2 Å². The molecule has 7 nitrogen and oxygen atoms in total. The van der Waals surface area contributed by atoms with Gasteiger partial charge in [0.25, 0.3) is 11.8 Å². The highest BCUT2D eigenvalue weighted by atomic mass is 79.9. The number of imide groups is 2. The zero-order valence-corrected chi connectivity index (χ0v) is 12.3. The van der Waals surface area contributed by atoms with Gasteiger partial charge in [-0.3, -0.25) is 29.4 Å². The summed E-state index contributed by atoms with van der Waals surface area (Å²) in [6, 6.07) is 2.05. The standard InChI is InChI=1S/C13H10BrN3O4/c14-5-3-6-10(7(15)4-5)13(21)17(12(6)20)8-1-2-9(18)16-11(8)19/h3-4,8H,1-2,15H2,(H,16,18,19). The van der Waals surface area contributed by atoms with Crippen LogP contribution in [0.25, 0.3) is 0 Å². The Morgan fingerprint density at radius 2 is 1.90 bits per heavy atom. The van der Waals surface area contributed by atoms with Crippen molar-refractivity contribution in [2.45, 2.75) is 18.9 Å². The molecular weight excluding hydrogens is 342 g/mol. The summed E-state index contributed by atoms with van der Waals surface area (Å²) in [7, 11) is 0. The third-order valence-corrected chi connectivity index (χ3v) is 4.00. The fraction of sp³-hybridized carbons (Fsp3) is 0.231. The molecule has 108 valence electrons. The number of piperidine rings is 1. The molecule has 2 heterocycles. The van der Waals surface area contributed by atoms with Gasteiger partial charge in [0.15, 0.2) is 0 Å². The molecule has 0 spiro atoms. The first-order valence-corrected chi connectivity index (χ1v) is 7.00. The predicted octanol–water partition coefficient (Wildman–Crippen LogP) is 0.432. The second kappa shape index (κ2) is 4.66. The van der Waals surface area contributed by atoms with Crippen LogP contribution in [0, 0.1) is 0 Å². The van der Waals surface area contributed by atoms with E-state index in [1.165, 1.54) is 12.1 Å². The topological polar surface area (TPSA) is 110 Å². The maximum absolute atomic E-state index is 12.4. The lowest BCUT2D eigenvalue weighted by Crippen LogP contribution is -2.54. The Hall–Kier alpha value is -2.22. The Kier molecular flexibility index (Phi) is 3.05. The largest absolute Gasteiger partial charge is 0.398 e. The van der Waals surface area contributed by atoms with E-state index in [0.717, 1.165) is 4.90 Å². The van der Waals surface area contributed by atoms with Gasteiger partial charge in [-0.05, 0) is 18.6 Å². The Bertz CT molecular complexity index is 716. The summed E-state index contributed by atoms with van der Waals surface area (Å²) in [6.07, 6.45) is 0.209. The SMILES string of the molecule is Nc1cc(Br)cc2c1C(=O)N(C1CCC(=O)NC1=O)C2=O. The molecule has 8 heteroatoms. The molecule has 1 atom stereocenters. The van der Waals surface area contributed by atoms with Crippen LogP contribution in [0.15, 0.2) is 16.6 Å². The van der Waals surface area contributed by atoms with Crippen LogP contribution < -0.4 is 11.1 Å². The normalized spacial score (nSPS) is 21.6. The number of nitrogens with zero attached hydrogens (tertiary/aromatic N) is 1. The number of amides is 4. The molecule has 2 aliphatic rings. The smallest absolute Gasteiger partial charge is 0.264 e. The average molecular weight is 352 g/mol. The van der Waals surface area contributed by atoms with Gasteiger partial charge in [0.05, 0.1) is 11.1 Å². The van der Waals surface area contributed by atoms with Gasteiger partial charge < -0.3 is 5.73 Å². The van der Waals surface area contributed by atoms with E-state index in [4.69, 9.17) is 5.73 Å². The van der Waals surface area contributed by atoms with E-state index in [-0.39, 0.29) is 29.7 Å². The minimum Gasteiger partial charge on any atom is -0.398 e. The summed E-state index contributed by atoms with van der Waals surface area (Å²) in [6.45, 7) is 0. The average Bonchev–Trinajstić information content (AvgIpc) is 2.63. The van der Waals surface area contributed by atoms with Gasteiger partial charge in [-0.1, -0.05) is 15.9 Å². The van der Waals surface area contributed by atoms with Crippen LogP contribution in [0.3, 0.4) is 0 Å². The first-order valence-electron chi connectivity index (χ1n) is 6.20.